The van der Waals surface area contributed by atoms with Crippen LogP contribution in [0.5, 0.6) is 5.75 Å². The first-order valence-corrected chi connectivity index (χ1v) is 8.40. The maximum Gasteiger partial charge on any atom is 0.263 e. The summed E-state index contributed by atoms with van der Waals surface area (Å²) in [5.41, 5.74) is 0.912. The van der Waals surface area contributed by atoms with E-state index in [9.17, 15) is 4.79 Å². The zero-order valence-corrected chi connectivity index (χ0v) is 13.7. The van der Waals surface area contributed by atoms with Gasteiger partial charge < -0.3 is 10.1 Å². The van der Waals surface area contributed by atoms with Crippen LogP contribution in [0.2, 0.25) is 0 Å². The molecule has 1 aromatic carbocycles. The molecule has 21 heavy (non-hydrogen) atoms. The van der Waals surface area contributed by atoms with Gasteiger partial charge in [-0.2, -0.15) is 0 Å². The van der Waals surface area contributed by atoms with Gasteiger partial charge in [-0.15, -0.1) is 0 Å². The first-order chi connectivity index (χ1) is 10.2. The van der Waals surface area contributed by atoms with Crippen molar-refractivity contribution < 1.29 is 9.53 Å². The van der Waals surface area contributed by atoms with Gasteiger partial charge in [0.2, 0.25) is 0 Å². The molecule has 0 saturated carbocycles. The van der Waals surface area contributed by atoms with E-state index in [1.807, 2.05) is 30.3 Å². The van der Waals surface area contributed by atoms with E-state index < -0.39 is 0 Å². The van der Waals surface area contributed by atoms with E-state index >= 15 is 0 Å². The fourth-order valence-electron chi connectivity index (χ4n) is 2.00. The van der Waals surface area contributed by atoms with Gasteiger partial charge in [0.1, 0.15) is 10.1 Å². The molecule has 0 spiro atoms. The van der Waals surface area contributed by atoms with Crippen LogP contribution in [0.4, 0.5) is 0 Å². The minimum atomic E-state index is -0.136. The maximum absolute atomic E-state index is 11.7. The topological polar surface area (TPSA) is 38.3 Å². The Kier molecular flexibility index (Phi) is 6.26. The van der Waals surface area contributed by atoms with Crippen LogP contribution >= 0.6 is 24.0 Å². The molecule has 3 nitrogen and oxygen atoms in total. The van der Waals surface area contributed by atoms with E-state index in [4.69, 9.17) is 17.0 Å². The van der Waals surface area contributed by atoms with Crippen molar-refractivity contribution in [2.24, 2.45) is 0 Å². The lowest BCUT2D eigenvalue weighted by Gasteiger charge is -2.09. The Bertz CT molecular complexity index is 555. The van der Waals surface area contributed by atoms with Crippen LogP contribution < -0.4 is 10.1 Å². The number of carbonyl (C=O) groups is 1. The number of hydrogen-bond acceptors (Lipinski definition) is 4. The van der Waals surface area contributed by atoms with Crippen molar-refractivity contribution in [2.45, 2.75) is 32.6 Å². The Morgan fingerprint density at radius 1 is 1.29 bits per heavy atom. The molecule has 0 radical (unpaired) electrons. The Labute approximate surface area is 135 Å². The number of carbonyl (C=O) groups excluding carboxylic acids is 1. The number of rotatable bonds is 7. The van der Waals surface area contributed by atoms with Crippen LogP contribution in [0.3, 0.4) is 0 Å². The van der Waals surface area contributed by atoms with Crippen molar-refractivity contribution in [2.75, 3.05) is 6.61 Å². The largest absolute Gasteiger partial charge is 0.493 e. The average Bonchev–Trinajstić information content (AvgIpc) is 2.78. The highest BCUT2D eigenvalue weighted by Gasteiger charge is 2.22. The molecular formula is C16H19NO2S2. The van der Waals surface area contributed by atoms with Crippen LogP contribution in [0.1, 0.15) is 38.2 Å². The molecule has 1 aliphatic heterocycles. The van der Waals surface area contributed by atoms with Gasteiger partial charge in [0.15, 0.2) is 0 Å². The summed E-state index contributed by atoms with van der Waals surface area (Å²) in [7, 11) is 0. The minimum Gasteiger partial charge on any atom is -0.493 e. The number of thiocarbonyl (C=S) groups is 1. The minimum absolute atomic E-state index is 0.136. The Morgan fingerprint density at radius 2 is 2.10 bits per heavy atom. The molecular weight excluding hydrogens is 302 g/mol. The monoisotopic (exact) mass is 321 g/mol. The van der Waals surface area contributed by atoms with Crippen LogP contribution in [-0.2, 0) is 4.79 Å². The molecule has 0 bridgehead atoms. The van der Waals surface area contributed by atoms with Gasteiger partial charge in [-0.05, 0) is 18.6 Å². The fourth-order valence-corrected chi connectivity index (χ4v) is 3.04. The first-order valence-electron chi connectivity index (χ1n) is 7.17. The van der Waals surface area contributed by atoms with Crippen LogP contribution in [-0.4, -0.2) is 16.8 Å². The quantitative estimate of drug-likeness (QED) is 0.465. The van der Waals surface area contributed by atoms with E-state index in [1.54, 1.807) is 0 Å². The summed E-state index contributed by atoms with van der Waals surface area (Å²) in [6.07, 6.45) is 6.53. The predicted octanol–water partition coefficient (Wildman–Crippen LogP) is 4.13. The van der Waals surface area contributed by atoms with Gasteiger partial charge in [0.25, 0.3) is 5.91 Å². The van der Waals surface area contributed by atoms with Crippen molar-refractivity contribution in [3.8, 4) is 5.75 Å². The van der Waals surface area contributed by atoms with Gasteiger partial charge in [0, 0.05) is 5.56 Å². The number of nitrogens with one attached hydrogen (secondary N) is 1. The summed E-state index contributed by atoms with van der Waals surface area (Å²) in [5, 5.41) is 2.62. The number of hydrogen-bond donors (Lipinski definition) is 1. The maximum atomic E-state index is 11.7. The molecule has 1 saturated heterocycles. The van der Waals surface area contributed by atoms with Crippen LogP contribution in [0.25, 0.3) is 6.08 Å². The molecule has 0 aromatic heterocycles. The van der Waals surface area contributed by atoms with Crippen molar-refractivity contribution in [1.82, 2.24) is 5.32 Å². The third kappa shape index (κ3) is 4.86. The lowest BCUT2D eigenvalue weighted by atomic mass is 10.2. The zero-order valence-electron chi connectivity index (χ0n) is 12.1. The lowest BCUT2D eigenvalue weighted by Crippen LogP contribution is -2.17. The summed E-state index contributed by atoms with van der Waals surface area (Å²) in [6, 6.07) is 7.76. The molecule has 1 amide bonds. The lowest BCUT2D eigenvalue weighted by molar-refractivity contribution is -0.115. The van der Waals surface area contributed by atoms with Crippen molar-refractivity contribution in [3.05, 3.63) is 34.7 Å². The summed E-state index contributed by atoms with van der Waals surface area (Å²) in [5.74, 6) is 0.676. The van der Waals surface area contributed by atoms with Crippen molar-refractivity contribution >= 4 is 40.3 Å². The molecule has 1 aromatic rings. The molecule has 5 heteroatoms. The highest BCUT2D eigenvalue weighted by molar-refractivity contribution is 8.26. The summed E-state index contributed by atoms with van der Waals surface area (Å²) < 4.78 is 6.34. The van der Waals surface area contributed by atoms with Gasteiger partial charge in [-0.3, -0.25) is 4.79 Å². The number of para-hydroxylation sites is 1. The molecule has 0 aliphatic carbocycles. The van der Waals surface area contributed by atoms with E-state index in [2.05, 4.69) is 12.2 Å². The van der Waals surface area contributed by atoms with Crippen molar-refractivity contribution in [1.29, 1.82) is 0 Å². The van der Waals surface area contributed by atoms with Gasteiger partial charge >= 0.3 is 0 Å². The number of benzene rings is 1. The third-order valence-electron chi connectivity index (χ3n) is 3.10. The standard InChI is InChI=1S/C16H19NO2S2/c1-2-3-4-7-10-19-13-9-6-5-8-12(13)11-14-15(18)17-16(20)21-14/h5-6,8-9,11H,2-4,7,10H2,1H3,(H,17,18,20). The molecule has 1 heterocycles. The normalized spacial score (nSPS) is 16.3. The average molecular weight is 321 g/mol. The second-order valence-electron chi connectivity index (χ2n) is 4.80. The fraction of sp³-hybridized carbons (Fsp3) is 0.375. The SMILES string of the molecule is CCCCCCOc1ccccc1C=C1SC(=S)NC1=O. The van der Waals surface area contributed by atoms with Crippen LogP contribution in [0.15, 0.2) is 29.2 Å². The van der Waals surface area contributed by atoms with E-state index in [1.165, 1.54) is 31.0 Å². The van der Waals surface area contributed by atoms with E-state index in [0.29, 0.717) is 15.8 Å². The Balaban J connectivity index is 2.02. The summed E-state index contributed by atoms with van der Waals surface area (Å²) in [4.78, 5) is 12.3. The number of unbranched alkanes of at least 4 members (excludes halogenated alkanes) is 3. The molecule has 0 atom stereocenters. The molecule has 1 N–H and O–H groups in total. The zero-order chi connectivity index (χ0) is 15.1. The smallest absolute Gasteiger partial charge is 0.263 e. The number of thioether (sulfide) groups is 1. The Hall–Kier alpha value is -1.33. The first kappa shape index (κ1) is 16.0. The van der Waals surface area contributed by atoms with E-state index in [0.717, 1.165) is 17.7 Å². The van der Waals surface area contributed by atoms with E-state index in [-0.39, 0.29) is 5.91 Å². The van der Waals surface area contributed by atoms with Gasteiger partial charge in [-0.25, -0.2) is 0 Å². The Morgan fingerprint density at radius 3 is 2.81 bits per heavy atom. The number of ether oxygens (including phenoxy) is 1. The second-order valence-corrected chi connectivity index (χ2v) is 6.52. The summed E-state index contributed by atoms with van der Waals surface area (Å²) >= 11 is 6.28. The van der Waals surface area contributed by atoms with Crippen molar-refractivity contribution in [3.63, 3.8) is 0 Å². The van der Waals surface area contributed by atoms with Crippen LogP contribution in [0, 0.1) is 0 Å². The highest BCUT2D eigenvalue weighted by Crippen LogP contribution is 2.29. The molecule has 1 aliphatic rings. The van der Waals surface area contributed by atoms with Gasteiger partial charge in [-0.1, -0.05) is 68.4 Å². The third-order valence-corrected chi connectivity index (χ3v) is 4.27. The molecule has 2 rings (SSSR count). The summed E-state index contributed by atoms with van der Waals surface area (Å²) in [6.45, 7) is 2.90. The highest BCUT2D eigenvalue weighted by atomic mass is 32.2. The predicted molar refractivity (Wildman–Crippen MR) is 92.4 cm³/mol. The molecule has 112 valence electrons. The van der Waals surface area contributed by atoms with Gasteiger partial charge in [0.05, 0.1) is 11.5 Å². The second kappa shape index (κ2) is 8.20. The molecule has 1 fully saturated rings. The number of amides is 1. The molecule has 0 unspecified atom stereocenters.